The lowest BCUT2D eigenvalue weighted by atomic mass is 10.2. The number of hydrogen-bond acceptors (Lipinski definition) is 4. The number of aliphatic carboxylic acids is 1. The Morgan fingerprint density at radius 1 is 1.26 bits per heavy atom. The molecule has 0 aliphatic rings. The number of carboxylic acids is 1. The average Bonchev–Trinajstić information content (AvgIpc) is 2.45. The van der Waals surface area contributed by atoms with Crippen LogP contribution in [-0.2, 0) is 16.1 Å². The number of nitrogens with zero attached hydrogens (tertiary/aromatic N) is 1. The highest BCUT2D eigenvalue weighted by atomic mass is 35.5. The zero-order valence-electron chi connectivity index (χ0n) is 13.6. The second kappa shape index (κ2) is 11.7. The van der Waals surface area contributed by atoms with E-state index in [1.165, 1.54) is 0 Å². The van der Waals surface area contributed by atoms with Crippen LogP contribution in [0.15, 0.2) is 24.3 Å². The summed E-state index contributed by atoms with van der Waals surface area (Å²) in [4.78, 5) is 24.3. The predicted molar refractivity (Wildman–Crippen MR) is 91.1 cm³/mol. The molecule has 0 unspecified atom stereocenters. The van der Waals surface area contributed by atoms with Gasteiger partial charge in [-0.3, -0.25) is 14.5 Å². The molecule has 0 spiro atoms. The van der Waals surface area contributed by atoms with Crippen molar-refractivity contribution in [2.24, 2.45) is 0 Å². The van der Waals surface area contributed by atoms with E-state index in [9.17, 15) is 9.59 Å². The van der Waals surface area contributed by atoms with Crippen LogP contribution in [0.25, 0.3) is 0 Å². The van der Waals surface area contributed by atoms with Gasteiger partial charge in [0.05, 0.1) is 19.7 Å². The molecule has 1 aromatic rings. The first kappa shape index (κ1) is 21.2. The minimum atomic E-state index is -0.925. The molecule has 130 valence electrons. The van der Waals surface area contributed by atoms with Crippen LogP contribution < -0.4 is 10.1 Å². The Hall–Kier alpha value is -1.79. The topological polar surface area (TPSA) is 78.9 Å². The van der Waals surface area contributed by atoms with E-state index in [0.717, 1.165) is 17.7 Å². The number of carbonyl (C=O) groups excluding carboxylic acids is 1. The van der Waals surface area contributed by atoms with Crippen molar-refractivity contribution < 1.29 is 19.4 Å². The fraction of sp³-hybridized carbons (Fsp3) is 0.500. The lowest BCUT2D eigenvalue weighted by molar-refractivity contribution is -0.138. The smallest absolute Gasteiger partial charge is 0.317 e. The molecule has 6 nitrogen and oxygen atoms in total. The maximum absolute atomic E-state index is 11.9. The standard InChI is InChI=1S/C16H24N2O4.ClH/c1-3-8-18(12-16(20)21)11-15(19)17-10-13-6-5-7-14(9-13)22-4-2;/h5-7,9H,3-4,8,10-12H2,1-2H3,(H,17,19)(H,20,21);1H. The maximum Gasteiger partial charge on any atom is 0.317 e. The summed E-state index contributed by atoms with van der Waals surface area (Å²) in [5.74, 6) is -0.338. The molecule has 0 atom stereocenters. The highest BCUT2D eigenvalue weighted by Gasteiger charge is 2.13. The van der Waals surface area contributed by atoms with Crippen LogP contribution in [0.2, 0.25) is 0 Å². The van der Waals surface area contributed by atoms with E-state index < -0.39 is 5.97 Å². The number of carbonyl (C=O) groups is 2. The minimum absolute atomic E-state index is 0. The molecule has 0 aromatic heterocycles. The summed E-state index contributed by atoms with van der Waals surface area (Å²) in [5, 5.41) is 11.6. The van der Waals surface area contributed by atoms with Crippen LogP contribution in [0.3, 0.4) is 0 Å². The van der Waals surface area contributed by atoms with E-state index >= 15 is 0 Å². The van der Waals surface area contributed by atoms with Gasteiger partial charge < -0.3 is 15.2 Å². The summed E-state index contributed by atoms with van der Waals surface area (Å²) < 4.78 is 5.41. The monoisotopic (exact) mass is 344 g/mol. The first-order valence-electron chi connectivity index (χ1n) is 7.47. The van der Waals surface area contributed by atoms with Gasteiger partial charge >= 0.3 is 5.97 Å². The molecular weight excluding hydrogens is 320 g/mol. The summed E-state index contributed by atoms with van der Waals surface area (Å²) in [6.07, 6.45) is 0.803. The molecule has 0 aliphatic heterocycles. The van der Waals surface area contributed by atoms with E-state index in [1.54, 1.807) is 4.90 Å². The van der Waals surface area contributed by atoms with Gasteiger partial charge in [0, 0.05) is 6.54 Å². The van der Waals surface area contributed by atoms with E-state index in [-0.39, 0.29) is 31.4 Å². The molecular formula is C16H25ClN2O4. The zero-order valence-corrected chi connectivity index (χ0v) is 14.4. The minimum Gasteiger partial charge on any atom is -0.494 e. The summed E-state index contributed by atoms with van der Waals surface area (Å²) in [6, 6.07) is 7.53. The van der Waals surface area contributed by atoms with Crippen molar-refractivity contribution in [3.8, 4) is 5.75 Å². The van der Waals surface area contributed by atoms with Gasteiger partial charge in [0.1, 0.15) is 5.75 Å². The van der Waals surface area contributed by atoms with Crippen molar-refractivity contribution in [3.05, 3.63) is 29.8 Å². The Morgan fingerprint density at radius 2 is 2.00 bits per heavy atom. The molecule has 0 aliphatic carbocycles. The summed E-state index contributed by atoms with van der Waals surface area (Å²) in [6.45, 7) is 5.40. The summed E-state index contributed by atoms with van der Waals surface area (Å²) in [5.41, 5.74) is 0.944. The molecule has 0 saturated heterocycles. The second-order valence-electron chi connectivity index (χ2n) is 4.96. The Kier molecular flexibility index (Phi) is 10.8. The first-order chi connectivity index (χ1) is 10.5. The van der Waals surface area contributed by atoms with Crippen molar-refractivity contribution in [3.63, 3.8) is 0 Å². The van der Waals surface area contributed by atoms with Gasteiger partial charge in [0.25, 0.3) is 0 Å². The third-order valence-electron chi connectivity index (χ3n) is 2.97. The van der Waals surface area contributed by atoms with Gasteiger partial charge in [-0.1, -0.05) is 19.1 Å². The lowest BCUT2D eigenvalue weighted by Crippen LogP contribution is -2.40. The fourth-order valence-corrected chi connectivity index (χ4v) is 2.09. The number of amides is 1. The molecule has 1 amide bonds. The van der Waals surface area contributed by atoms with E-state index in [4.69, 9.17) is 9.84 Å². The number of ether oxygens (including phenoxy) is 1. The average molecular weight is 345 g/mol. The molecule has 0 saturated carbocycles. The van der Waals surface area contributed by atoms with Crippen molar-refractivity contribution in [1.29, 1.82) is 0 Å². The molecule has 2 N–H and O–H groups in total. The Balaban J connectivity index is 0.00000484. The zero-order chi connectivity index (χ0) is 16.4. The molecule has 7 heteroatoms. The van der Waals surface area contributed by atoms with Crippen LogP contribution in [0.5, 0.6) is 5.75 Å². The van der Waals surface area contributed by atoms with Gasteiger partial charge in [0.15, 0.2) is 0 Å². The molecule has 1 rings (SSSR count). The molecule has 0 bridgehead atoms. The molecule has 23 heavy (non-hydrogen) atoms. The van der Waals surface area contributed by atoms with E-state index in [0.29, 0.717) is 19.7 Å². The second-order valence-corrected chi connectivity index (χ2v) is 4.96. The molecule has 1 aromatic carbocycles. The van der Waals surface area contributed by atoms with Crippen LogP contribution in [0.1, 0.15) is 25.8 Å². The van der Waals surface area contributed by atoms with Gasteiger partial charge in [-0.25, -0.2) is 0 Å². The third-order valence-corrected chi connectivity index (χ3v) is 2.97. The number of hydrogen-bond donors (Lipinski definition) is 2. The van der Waals surface area contributed by atoms with Crippen LogP contribution in [0, 0.1) is 0 Å². The summed E-state index contributed by atoms with van der Waals surface area (Å²) >= 11 is 0. The van der Waals surface area contributed by atoms with Crippen LogP contribution in [-0.4, -0.2) is 48.1 Å². The predicted octanol–water partition coefficient (Wildman–Crippen LogP) is 1.92. The Morgan fingerprint density at radius 3 is 2.61 bits per heavy atom. The molecule has 0 fully saturated rings. The normalized spacial score (nSPS) is 10.0. The summed E-state index contributed by atoms with van der Waals surface area (Å²) in [7, 11) is 0. The van der Waals surface area contributed by atoms with Gasteiger partial charge in [0.2, 0.25) is 5.91 Å². The fourth-order valence-electron chi connectivity index (χ4n) is 2.09. The van der Waals surface area contributed by atoms with Crippen LogP contribution >= 0.6 is 12.4 Å². The number of halogens is 1. The van der Waals surface area contributed by atoms with E-state index in [1.807, 2.05) is 38.1 Å². The Labute approximate surface area is 143 Å². The van der Waals surface area contributed by atoms with Crippen LogP contribution in [0.4, 0.5) is 0 Å². The highest BCUT2D eigenvalue weighted by Crippen LogP contribution is 2.12. The van der Waals surface area contributed by atoms with Crippen molar-refractivity contribution in [2.75, 3.05) is 26.2 Å². The molecule has 0 heterocycles. The lowest BCUT2D eigenvalue weighted by Gasteiger charge is -2.18. The first-order valence-corrected chi connectivity index (χ1v) is 7.47. The number of benzene rings is 1. The number of nitrogens with one attached hydrogen (secondary N) is 1. The van der Waals surface area contributed by atoms with Crippen molar-refractivity contribution in [1.82, 2.24) is 10.2 Å². The maximum atomic E-state index is 11.9. The third kappa shape index (κ3) is 9.05. The largest absolute Gasteiger partial charge is 0.494 e. The van der Waals surface area contributed by atoms with Gasteiger partial charge in [-0.15, -0.1) is 12.4 Å². The van der Waals surface area contributed by atoms with E-state index in [2.05, 4.69) is 5.32 Å². The van der Waals surface area contributed by atoms with Gasteiger partial charge in [-0.2, -0.15) is 0 Å². The molecule has 0 radical (unpaired) electrons. The van der Waals surface area contributed by atoms with Crippen molar-refractivity contribution >= 4 is 24.3 Å². The van der Waals surface area contributed by atoms with Crippen molar-refractivity contribution in [2.45, 2.75) is 26.8 Å². The SMILES string of the molecule is CCCN(CC(=O)O)CC(=O)NCc1cccc(OCC)c1.Cl. The highest BCUT2D eigenvalue weighted by molar-refractivity contribution is 5.85. The quantitative estimate of drug-likeness (QED) is 0.678. The number of carboxylic acid groups (broad SMARTS) is 1. The number of rotatable bonds is 10. The van der Waals surface area contributed by atoms with Gasteiger partial charge in [-0.05, 0) is 37.6 Å². The Bertz CT molecular complexity index is 497.